The Bertz CT molecular complexity index is 902. The van der Waals surface area contributed by atoms with Crippen LogP contribution in [0.3, 0.4) is 0 Å². The van der Waals surface area contributed by atoms with Crippen molar-refractivity contribution in [3.05, 3.63) is 46.9 Å². The number of nitro groups is 1. The first-order valence-electron chi connectivity index (χ1n) is 11.1. The molecule has 1 aromatic heterocycles. The molecule has 3 rings (SSSR count). The Morgan fingerprint density at radius 2 is 1.91 bits per heavy atom. The standard InChI is InChI=1S/C22H31N5O6/c28-14-19-21(30)22(31)20(29)13-26(19)10-4-2-1-3-7-24-16-6-5-15(11-18(16)27(32)33)17-12-23-8-9-25-17/h5-6,8-9,11-12,19-22,24,28-31H,1-4,7,10,13-14H2/t19-,20+,21-,22-/m1/s1. The van der Waals surface area contributed by atoms with Gasteiger partial charge >= 0.3 is 0 Å². The zero-order chi connectivity index (χ0) is 23.8. The van der Waals surface area contributed by atoms with Crippen LogP contribution in [0, 0.1) is 10.1 Å². The third kappa shape index (κ3) is 6.42. The van der Waals surface area contributed by atoms with Crippen molar-refractivity contribution >= 4 is 11.4 Å². The minimum atomic E-state index is -1.25. The van der Waals surface area contributed by atoms with Crippen LogP contribution in [0.1, 0.15) is 25.7 Å². The van der Waals surface area contributed by atoms with Gasteiger partial charge in [0.1, 0.15) is 17.9 Å². The summed E-state index contributed by atoms with van der Waals surface area (Å²) in [6, 6.07) is 4.35. The van der Waals surface area contributed by atoms with Gasteiger partial charge in [-0.05, 0) is 25.5 Å². The van der Waals surface area contributed by atoms with E-state index in [9.17, 15) is 30.5 Å². The molecule has 0 aliphatic carbocycles. The zero-order valence-electron chi connectivity index (χ0n) is 18.3. The van der Waals surface area contributed by atoms with E-state index in [2.05, 4.69) is 15.3 Å². The largest absolute Gasteiger partial charge is 0.395 e. The van der Waals surface area contributed by atoms with E-state index < -0.39 is 29.3 Å². The maximum atomic E-state index is 11.5. The van der Waals surface area contributed by atoms with Crippen LogP contribution in [0.25, 0.3) is 11.3 Å². The second-order valence-corrected chi connectivity index (χ2v) is 8.21. The molecule has 0 unspecified atom stereocenters. The van der Waals surface area contributed by atoms with Gasteiger partial charge in [0.2, 0.25) is 0 Å². The van der Waals surface area contributed by atoms with E-state index in [1.807, 2.05) is 4.90 Å². The lowest BCUT2D eigenvalue weighted by molar-refractivity contribution is -0.383. The lowest BCUT2D eigenvalue weighted by Gasteiger charge is -2.43. The number of aliphatic hydroxyl groups excluding tert-OH is 4. The maximum Gasteiger partial charge on any atom is 0.292 e. The van der Waals surface area contributed by atoms with Gasteiger partial charge in [0.15, 0.2) is 0 Å². The van der Waals surface area contributed by atoms with Gasteiger partial charge in [0.25, 0.3) is 5.69 Å². The molecule has 0 radical (unpaired) electrons. The number of aliphatic hydroxyl groups is 4. The third-order valence-corrected chi connectivity index (χ3v) is 5.96. The number of piperidine rings is 1. The lowest BCUT2D eigenvalue weighted by atomic mass is 9.94. The van der Waals surface area contributed by atoms with Crippen molar-refractivity contribution in [3.8, 4) is 11.3 Å². The highest BCUT2D eigenvalue weighted by atomic mass is 16.6. The van der Waals surface area contributed by atoms with E-state index in [0.29, 0.717) is 30.0 Å². The monoisotopic (exact) mass is 461 g/mol. The van der Waals surface area contributed by atoms with Crippen LogP contribution in [-0.4, -0.2) is 90.8 Å². The van der Waals surface area contributed by atoms with Crippen molar-refractivity contribution in [3.63, 3.8) is 0 Å². The summed E-state index contributed by atoms with van der Waals surface area (Å²) in [5.41, 5.74) is 1.63. The van der Waals surface area contributed by atoms with Crippen LogP contribution < -0.4 is 5.32 Å². The number of hydrogen-bond donors (Lipinski definition) is 5. The molecule has 0 spiro atoms. The summed E-state index contributed by atoms with van der Waals surface area (Å²) in [6.45, 7) is 1.09. The Balaban J connectivity index is 1.42. The highest BCUT2D eigenvalue weighted by molar-refractivity contribution is 5.71. The fourth-order valence-corrected chi connectivity index (χ4v) is 4.09. The second kappa shape index (κ2) is 12.0. The molecule has 5 N–H and O–H groups in total. The lowest BCUT2D eigenvalue weighted by Crippen LogP contribution is -2.62. The molecule has 0 bridgehead atoms. The van der Waals surface area contributed by atoms with Crippen molar-refractivity contribution in [2.24, 2.45) is 0 Å². The Kier molecular flexibility index (Phi) is 9.03. The number of likely N-dealkylation sites (tertiary alicyclic amines) is 1. The van der Waals surface area contributed by atoms with Crippen LogP contribution in [0.15, 0.2) is 36.8 Å². The topological polar surface area (TPSA) is 165 Å². The van der Waals surface area contributed by atoms with Crippen LogP contribution in [0.2, 0.25) is 0 Å². The molecular weight excluding hydrogens is 430 g/mol. The summed E-state index contributed by atoms with van der Waals surface area (Å²) >= 11 is 0. The van der Waals surface area contributed by atoms with E-state index in [0.717, 1.165) is 25.7 Å². The molecule has 2 aromatic rings. The molecule has 1 fully saturated rings. The van der Waals surface area contributed by atoms with Crippen LogP contribution in [0.4, 0.5) is 11.4 Å². The van der Waals surface area contributed by atoms with Gasteiger partial charge in [0, 0.05) is 37.1 Å². The smallest absolute Gasteiger partial charge is 0.292 e. The van der Waals surface area contributed by atoms with Crippen LogP contribution >= 0.6 is 0 Å². The molecule has 4 atom stereocenters. The van der Waals surface area contributed by atoms with Crippen molar-refractivity contribution in [1.29, 1.82) is 0 Å². The van der Waals surface area contributed by atoms with Crippen molar-refractivity contribution in [2.45, 2.75) is 50.0 Å². The summed E-state index contributed by atoms with van der Waals surface area (Å²) in [4.78, 5) is 21.1. The van der Waals surface area contributed by atoms with Crippen molar-refractivity contribution < 1.29 is 25.3 Å². The van der Waals surface area contributed by atoms with Gasteiger partial charge in [-0.3, -0.25) is 25.0 Å². The summed E-state index contributed by atoms with van der Waals surface area (Å²) in [5.74, 6) is 0. The number of β-amino-alcohol motifs (C(OH)–C–C–N with tert-alkyl or cyclic N) is 1. The average molecular weight is 462 g/mol. The van der Waals surface area contributed by atoms with Crippen molar-refractivity contribution in [1.82, 2.24) is 14.9 Å². The molecule has 2 heterocycles. The van der Waals surface area contributed by atoms with Crippen LogP contribution in [0.5, 0.6) is 0 Å². The molecule has 1 aliphatic rings. The predicted molar refractivity (Wildman–Crippen MR) is 122 cm³/mol. The number of unbranched alkanes of at least 4 members (excludes halogenated alkanes) is 3. The van der Waals surface area contributed by atoms with Gasteiger partial charge in [-0.15, -0.1) is 0 Å². The summed E-state index contributed by atoms with van der Waals surface area (Å²) in [7, 11) is 0. The minimum Gasteiger partial charge on any atom is -0.395 e. The number of aromatic nitrogens is 2. The maximum absolute atomic E-state index is 11.5. The quantitative estimate of drug-likeness (QED) is 0.183. The first-order valence-corrected chi connectivity index (χ1v) is 11.1. The first-order chi connectivity index (χ1) is 15.9. The molecule has 1 saturated heterocycles. The van der Waals surface area contributed by atoms with E-state index in [-0.39, 0.29) is 18.8 Å². The van der Waals surface area contributed by atoms with Gasteiger partial charge in [-0.2, -0.15) is 0 Å². The summed E-state index contributed by atoms with van der Waals surface area (Å²) < 4.78 is 0. The molecule has 0 saturated carbocycles. The Morgan fingerprint density at radius 3 is 2.61 bits per heavy atom. The molecule has 180 valence electrons. The van der Waals surface area contributed by atoms with Crippen LogP contribution in [-0.2, 0) is 0 Å². The number of nitrogens with zero attached hydrogens (tertiary/aromatic N) is 4. The van der Waals surface area contributed by atoms with E-state index in [1.54, 1.807) is 24.5 Å². The minimum absolute atomic E-state index is 0.0161. The Morgan fingerprint density at radius 1 is 1.12 bits per heavy atom. The number of anilines is 1. The van der Waals surface area contributed by atoms with E-state index in [4.69, 9.17) is 0 Å². The van der Waals surface area contributed by atoms with E-state index >= 15 is 0 Å². The Labute approximate surface area is 191 Å². The predicted octanol–water partition coefficient (Wildman–Crippen LogP) is 0.783. The van der Waals surface area contributed by atoms with Gasteiger partial charge < -0.3 is 25.7 Å². The average Bonchev–Trinajstić information content (AvgIpc) is 2.82. The van der Waals surface area contributed by atoms with Crippen molar-refractivity contribution in [2.75, 3.05) is 31.6 Å². The van der Waals surface area contributed by atoms with Gasteiger partial charge in [0.05, 0.1) is 35.6 Å². The Hall–Kier alpha value is -2.70. The molecule has 11 heteroatoms. The first kappa shape index (κ1) is 24.9. The zero-order valence-corrected chi connectivity index (χ0v) is 18.3. The molecular formula is C22H31N5O6. The molecule has 33 heavy (non-hydrogen) atoms. The number of benzene rings is 1. The second-order valence-electron chi connectivity index (χ2n) is 8.21. The molecule has 1 aliphatic heterocycles. The number of hydrogen-bond acceptors (Lipinski definition) is 10. The summed E-state index contributed by atoms with van der Waals surface area (Å²) in [5, 5.41) is 53.8. The number of rotatable bonds is 11. The SMILES string of the molecule is O=[N+]([O-])c1cc(-c2cnccn2)ccc1NCCCCCCN1C[C@H](O)[C@@H](O)[C@H](O)[C@H]1CO. The summed E-state index contributed by atoms with van der Waals surface area (Å²) in [6.07, 6.45) is 4.57. The highest BCUT2D eigenvalue weighted by Gasteiger charge is 2.40. The molecule has 0 amide bonds. The normalized spacial score (nSPS) is 23.4. The van der Waals surface area contributed by atoms with Gasteiger partial charge in [-0.1, -0.05) is 18.9 Å². The fourth-order valence-electron chi connectivity index (χ4n) is 4.09. The fraction of sp³-hybridized carbons (Fsp3) is 0.545. The van der Waals surface area contributed by atoms with Gasteiger partial charge in [-0.25, -0.2) is 0 Å². The molecule has 11 nitrogen and oxygen atoms in total. The molecule has 1 aromatic carbocycles. The van der Waals surface area contributed by atoms with E-state index in [1.165, 1.54) is 12.3 Å². The number of nitro benzene ring substituents is 1. The number of nitrogens with one attached hydrogen (secondary N) is 1. The third-order valence-electron chi connectivity index (χ3n) is 5.96. The highest BCUT2D eigenvalue weighted by Crippen LogP contribution is 2.29.